The predicted octanol–water partition coefficient (Wildman–Crippen LogP) is 0.605. The van der Waals surface area contributed by atoms with Gasteiger partial charge in [0, 0.05) is 6.54 Å². The molecular formula is C18H38N2O4. The van der Waals surface area contributed by atoms with E-state index in [-0.39, 0.29) is 6.61 Å². The zero-order valence-electron chi connectivity index (χ0n) is 15.0. The molecule has 0 aromatic carbocycles. The smallest absolute Gasteiger partial charge is 0.109 e. The van der Waals surface area contributed by atoms with Gasteiger partial charge in [0.15, 0.2) is 0 Å². The Morgan fingerprint density at radius 2 is 1.25 bits per heavy atom. The van der Waals surface area contributed by atoms with Crippen LogP contribution in [-0.4, -0.2) is 75.9 Å². The van der Waals surface area contributed by atoms with Gasteiger partial charge in [-0.05, 0) is 25.9 Å². The Hall–Kier alpha value is -0.240. The summed E-state index contributed by atoms with van der Waals surface area (Å²) >= 11 is 0. The molecule has 6 nitrogen and oxygen atoms in total. The van der Waals surface area contributed by atoms with Crippen LogP contribution >= 0.6 is 0 Å². The molecule has 0 unspecified atom stereocenters. The fourth-order valence-electron chi connectivity index (χ4n) is 3.51. The predicted molar refractivity (Wildman–Crippen MR) is 95.7 cm³/mol. The van der Waals surface area contributed by atoms with Crippen LogP contribution in [0.5, 0.6) is 0 Å². The Balaban J connectivity index is 2.04. The molecule has 0 amide bonds. The summed E-state index contributed by atoms with van der Waals surface area (Å²) in [5.74, 6) is 0. The van der Waals surface area contributed by atoms with Crippen molar-refractivity contribution in [3.8, 4) is 0 Å². The second-order valence-electron chi connectivity index (χ2n) is 7.12. The molecule has 6 heteroatoms. The zero-order chi connectivity index (χ0) is 17.8. The monoisotopic (exact) mass is 346 g/mol. The first-order valence-corrected chi connectivity index (χ1v) is 9.71. The van der Waals surface area contributed by atoms with Crippen molar-refractivity contribution in [2.24, 2.45) is 5.73 Å². The first-order chi connectivity index (χ1) is 11.6. The summed E-state index contributed by atoms with van der Waals surface area (Å²) in [4.78, 5) is 1.90. The van der Waals surface area contributed by atoms with Gasteiger partial charge in [-0.25, -0.2) is 0 Å². The zero-order valence-corrected chi connectivity index (χ0v) is 15.0. The van der Waals surface area contributed by atoms with Gasteiger partial charge in [0.1, 0.15) is 12.2 Å². The summed E-state index contributed by atoms with van der Waals surface area (Å²) in [5, 5.41) is 38.8. The van der Waals surface area contributed by atoms with Crippen molar-refractivity contribution < 1.29 is 20.4 Å². The third-order valence-corrected chi connectivity index (χ3v) is 5.12. The first-order valence-electron chi connectivity index (χ1n) is 9.71. The van der Waals surface area contributed by atoms with Crippen molar-refractivity contribution in [2.75, 3.05) is 26.2 Å². The number of nitrogens with zero attached hydrogens (tertiary/aromatic N) is 1. The Labute approximate surface area is 146 Å². The molecule has 0 saturated carbocycles. The number of hydrogen-bond donors (Lipinski definition) is 5. The lowest BCUT2D eigenvalue weighted by Gasteiger charge is -2.43. The molecule has 0 bridgehead atoms. The van der Waals surface area contributed by atoms with E-state index in [1.165, 1.54) is 44.9 Å². The lowest BCUT2D eigenvalue weighted by atomic mass is 9.94. The number of nitrogens with two attached hydrogens (primary N) is 1. The highest BCUT2D eigenvalue weighted by molar-refractivity contribution is 4.93. The molecule has 0 aromatic rings. The summed E-state index contributed by atoms with van der Waals surface area (Å²) < 4.78 is 0. The van der Waals surface area contributed by atoms with Crippen molar-refractivity contribution in [2.45, 2.75) is 88.6 Å². The van der Waals surface area contributed by atoms with Crippen molar-refractivity contribution in [1.82, 2.24) is 4.90 Å². The minimum Gasteiger partial charge on any atom is -0.395 e. The molecule has 6 N–H and O–H groups in total. The van der Waals surface area contributed by atoms with Crippen LogP contribution in [0.15, 0.2) is 0 Å². The molecule has 1 saturated heterocycles. The number of aliphatic hydroxyl groups is 4. The normalized spacial score (nSPS) is 28.4. The summed E-state index contributed by atoms with van der Waals surface area (Å²) in [6, 6.07) is -0.475. The summed E-state index contributed by atoms with van der Waals surface area (Å²) in [7, 11) is 0. The highest BCUT2D eigenvalue weighted by Gasteiger charge is 2.40. The minimum absolute atomic E-state index is 0.199. The van der Waals surface area contributed by atoms with Crippen LogP contribution in [0.1, 0.15) is 64.2 Å². The highest BCUT2D eigenvalue weighted by atomic mass is 16.4. The average Bonchev–Trinajstić information content (AvgIpc) is 2.58. The highest BCUT2D eigenvalue weighted by Crippen LogP contribution is 2.20. The van der Waals surface area contributed by atoms with E-state index in [2.05, 4.69) is 0 Å². The van der Waals surface area contributed by atoms with Crippen LogP contribution in [0.4, 0.5) is 0 Å². The maximum absolute atomic E-state index is 9.94. The van der Waals surface area contributed by atoms with Gasteiger partial charge in [-0.3, -0.25) is 4.90 Å². The van der Waals surface area contributed by atoms with Crippen molar-refractivity contribution in [3.05, 3.63) is 0 Å². The minimum atomic E-state index is -1.16. The third-order valence-electron chi connectivity index (χ3n) is 5.12. The quantitative estimate of drug-likeness (QED) is 0.313. The van der Waals surface area contributed by atoms with Crippen molar-refractivity contribution >= 4 is 0 Å². The van der Waals surface area contributed by atoms with E-state index in [9.17, 15) is 20.4 Å². The molecule has 0 radical (unpaired) electrons. The lowest BCUT2D eigenvalue weighted by Crippen LogP contribution is -2.62. The van der Waals surface area contributed by atoms with Crippen LogP contribution in [0.2, 0.25) is 0 Å². The largest absolute Gasteiger partial charge is 0.395 e. The number of piperidine rings is 1. The van der Waals surface area contributed by atoms with E-state index in [0.717, 1.165) is 32.4 Å². The molecule has 24 heavy (non-hydrogen) atoms. The van der Waals surface area contributed by atoms with Gasteiger partial charge in [0.05, 0.1) is 18.8 Å². The molecule has 4 atom stereocenters. The number of likely N-dealkylation sites (tertiary alicyclic amines) is 1. The van der Waals surface area contributed by atoms with Gasteiger partial charge < -0.3 is 26.2 Å². The maximum Gasteiger partial charge on any atom is 0.109 e. The molecule has 1 aliphatic heterocycles. The molecule has 1 fully saturated rings. The summed E-state index contributed by atoms with van der Waals surface area (Å²) in [6.45, 7) is 1.66. The van der Waals surface area contributed by atoms with Crippen molar-refractivity contribution in [3.63, 3.8) is 0 Å². The van der Waals surface area contributed by atoms with E-state index in [1.807, 2.05) is 4.90 Å². The van der Waals surface area contributed by atoms with Gasteiger partial charge in [-0.2, -0.15) is 0 Å². The third kappa shape index (κ3) is 7.76. The SMILES string of the molecule is NCCCCCCCCCCCCN1C[C@@H](O)[C@@H](O)[C@H](O)[C@@H]1CO. The van der Waals surface area contributed by atoms with E-state index >= 15 is 0 Å². The lowest BCUT2D eigenvalue weighted by molar-refractivity contribution is -0.145. The Morgan fingerprint density at radius 1 is 0.750 bits per heavy atom. The molecule has 0 aliphatic carbocycles. The second kappa shape index (κ2) is 13.0. The van der Waals surface area contributed by atoms with Gasteiger partial charge in [0.25, 0.3) is 0 Å². The first kappa shape index (κ1) is 21.8. The number of β-amino-alcohol motifs (C(OH)–C–C–N with tert-alkyl or cyclic N) is 1. The molecule has 1 heterocycles. The van der Waals surface area contributed by atoms with E-state index in [1.54, 1.807) is 0 Å². The van der Waals surface area contributed by atoms with Crippen LogP contribution in [-0.2, 0) is 0 Å². The van der Waals surface area contributed by atoms with Gasteiger partial charge in [-0.1, -0.05) is 51.4 Å². The van der Waals surface area contributed by atoms with Crippen molar-refractivity contribution in [1.29, 1.82) is 0 Å². The van der Waals surface area contributed by atoms with E-state index in [0.29, 0.717) is 6.54 Å². The number of unbranched alkanes of at least 4 members (excludes halogenated alkanes) is 9. The van der Waals surface area contributed by atoms with Crippen LogP contribution < -0.4 is 5.73 Å². The van der Waals surface area contributed by atoms with Crippen LogP contribution in [0, 0.1) is 0 Å². The fourth-order valence-corrected chi connectivity index (χ4v) is 3.51. The van der Waals surface area contributed by atoms with E-state index < -0.39 is 24.4 Å². The summed E-state index contributed by atoms with van der Waals surface area (Å²) in [6.07, 6.45) is 8.97. The molecule has 0 spiro atoms. The number of aliphatic hydroxyl groups excluding tert-OH is 4. The molecule has 1 aliphatic rings. The van der Waals surface area contributed by atoms with E-state index in [4.69, 9.17) is 5.73 Å². The Morgan fingerprint density at radius 3 is 1.75 bits per heavy atom. The second-order valence-corrected chi connectivity index (χ2v) is 7.12. The number of rotatable bonds is 13. The molecule has 144 valence electrons. The molecule has 1 rings (SSSR count). The Bertz CT molecular complexity index is 307. The fraction of sp³-hybridized carbons (Fsp3) is 1.00. The molecular weight excluding hydrogens is 308 g/mol. The van der Waals surface area contributed by atoms with Crippen LogP contribution in [0.25, 0.3) is 0 Å². The number of hydrogen-bond acceptors (Lipinski definition) is 6. The summed E-state index contributed by atoms with van der Waals surface area (Å²) in [5.41, 5.74) is 5.47. The van der Waals surface area contributed by atoms with Crippen LogP contribution in [0.3, 0.4) is 0 Å². The maximum atomic E-state index is 9.94. The average molecular weight is 347 g/mol. The topological polar surface area (TPSA) is 110 Å². The van der Waals surface area contributed by atoms with Gasteiger partial charge >= 0.3 is 0 Å². The molecule has 0 aromatic heterocycles. The standard InChI is InChI=1S/C18H38N2O4/c19-11-9-7-5-3-1-2-4-6-8-10-12-20-13-16(22)18(24)17(23)15(20)14-21/h15-18,21-24H,1-14,19H2/t15-,16+,17+,18+/m0/s1. The van der Waals surface area contributed by atoms with Gasteiger partial charge in [0.2, 0.25) is 0 Å². The Kier molecular flexibility index (Phi) is 11.8. The van der Waals surface area contributed by atoms with Gasteiger partial charge in [-0.15, -0.1) is 0 Å².